The van der Waals surface area contributed by atoms with Crippen LogP contribution in [0.25, 0.3) is 11.1 Å². The second kappa shape index (κ2) is 4.66. The normalized spacial score (nSPS) is 10.3. The van der Waals surface area contributed by atoms with Crippen molar-refractivity contribution in [3.05, 3.63) is 52.8 Å². The minimum absolute atomic E-state index is 0.0259. The maximum atomic E-state index is 12.8. The van der Waals surface area contributed by atoms with E-state index in [1.165, 1.54) is 30.3 Å². The molecule has 92 valence electrons. The molecule has 0 amide bonds. The number of carbonyl (C=O) groups is 1. The van der Waals surface area contributed by atoms with Crippen molar-refractivity contribution in [3.63, 3.8) is 0 Å². The molecule has 0 saturated carbocycles. The van der Waals surface area contributed by atoms with Crippen molar-refractivity contribution < 1.29 is 19.4 Å². The molecule has 0 fully saturated rings. The number of benzene rings is 2. The Balaban J connectivity index is 2.52. The molecule has 0 radical (unpaired) electrons. The van der Waals surface area contributed by atoms with Gasteiger partial charge in [0.2, 0.25) is 0 Å². The zero-order valence-corrected chi connectivity index (χ0v) is 9.78. The second-order valence-corrected chi connectivity index (χ2v) is 4.07. The fourth-order valence-electron chi connectivity index (χ4n) is 1.60. The Bertz CT molecular complexity index is 626. The monoisotopic (exact) mass is 266 g/mol. The lowest BCUT2D eigenvalue weighted by molar-refractivity contribution is 0.0697. The van der Waals surface area contributed by atoms with Gasteiger partial charge in [-0.2, -0.15) is 0 Å². The average Bonchev–Trinajstić information content (AvgIpc) is 2.28. The first-order chi connectivity index (χ1) is 8.49. The number of aromatic hydroxyl groups is 1. The molecule has 2 aromatic carbocycles. The molecule has 0 saturated heterocycles. The van der Waals surface area contributed by atoms with E-state index in [9.17, 15) is 14.3 Å². The number of aromatic carboxylic acids is 1. The Morgan fingerprint density at radius 1 is 1.17 bits per heavy atom. The molecule has 0 aliphatic rings. The quantitative estimate of drug-likeness (QED) is 0.874. The molecule has 18 heavy (non-hydrogen) atoms. The number of rotatable bonds is 2. The molecule has 5 heteroatoms. The van der Waals surface area contributed by atoms with Gasteiger partial charge in [0.1, 0.15) is 11.6 Å². The molecule has 0 aliphatic carbocycles. The Labute approximate surface area is 107 Å². The number of hydrogen-bond acceptors (Lipinski definition) is 2. The highest BCUT2D eigenvalue weighted by Gasteiger charge is 2.11. The smallest absolute Gasteiger partial charge is 0.337 e. The van der Waals surface area contributed by atoms with Crippen LogP contribution in [-0.2, 0) is 0 Å². The van der Waals surface area contributed by atoms with Gasteiger partial charge in [-0.15, -0.1) is 0 Å². The third-order valence-corrected chi connectivity index (χ3v) is 2.78. The van der Waals surface area contributed by atoms with E-state index in [2.05, 4.69) is 0 Å². The summed E-state index contributed by atoms with van der Waals surface area (Å²) in [6.07, 6.45) is 0. The van der Waals surface area contributed by atoms with Gasteiger partial charge in [0.05, 0.1) is 10.6 Å². The van der Waals surface area contributed by atoms with Crippen LogP contribution in [0.1, 0.15) is 10.4 Å². The molecular weight excluding hydrogens is 259 g/mol. The van der Waals surface area contributed by atoms with E-state index in [-0.39, 0.29) is 16.3 Å². The lowest BCUT2D eigenvalue weighted by Crippen LogP contribution is -1.97. The maximum Gasteiger partial charge on any atom is 0.337 e. The summed E-state index contributed by atoms with van der Waals surface area (Å²) >= 11 is 5.82. The molecule has 0 aromatic heterocycles. The molecule has 0 aliphatic heterocycles. The predicted octanol–water partition coefficient (Wildman–Crippen LogP) is 3.55. The van der Waals surface area contributed by atoms with Gasteiger partial charge in [-0.1, -0.05) is 17.7 Å². The average molecular weight is 267 g/mol. The molecular formula is C13H8ClFO3. The molecule has 2 N–H and O–H groups in total. The van der Waals surface area contributed by atoms with Crippen LogP contribution >= 0.6 is 11.6 Å². The third-order valence-electron chi connectivity index (χ3n) is 2.47. The fraction of sp³-hybridized carbons (Fsp3) is 0. The van der Waals surface area contributed by atoms with Crippen molar-refractivity contribution in [2.45, 2.75) is 0 Å². The number of halogens is 2. The van der Waals surface area contributed by atoms with Crippen LogP contribution in [0, 0.1) is 5.82 Å². The van der Waals surface area contributed by atoms with E-state index >= 15 is 0 Å². The lowest BCUT2D eigenvalue weighted by Gasteiger charge is -2.06. The van der Waals surface area contributed by atoms with Crippen LogP contribution in [-0.4, -0.2) is 16.2 Å². The number of phenolic OH excluding ortho intramolecular Hbond substituents is 1. The standard InChI is InChI=1S/C13H8ClFO3/c14-11-5-7(1-3-10(11)13(17)18)9-4-2-8(15)6-12(9)16/h1-6,16H,(H,17,18). The van der Waals surface area contributed by atoms with E-state index < -0.39 is 11.8 Å². The molecule has 0 bridgehead atoms. The Morgan fingerprint density at radius 2 is 1.89 bits per heavy atom. The number of phenols is 1. The summed E-state index contributed by atoms with van der Waals surface area (Å²) in [4.78, 5) is 10.8. The molecule has 3 nitrogen and oxygen atoms in total. The number of hydrogen-bond donors (Lipinski definition) is 2. The van der Waals surface area contributed by atoms with Crippen LogP contribution in [0.5, 0.6) is 5.75 Å². The molecule has 0 spiro atoms. The van der Waals surface area contributed by atoms with Crippen LogP contribution in [0.4, 0.5) is 4.39 Å². The largest absolute Gasteiger partial charge is 0.507 e. The summed E-state index contributed by atoms with van der Waals surface area (Å²) < 4.78 is 12.8. The summed E-state index contributed by atoms with van der Waals surface area (Å²) in [5, 5.41) is 18.5. The molecule has 0 heterocycles. The van der Waals surface area contributed by atoms with Crippen LogP contribution in [0.3, 0.4) is 0 Å². The highest BCUT2D eigenvalue weighted by molar-refractivity contribution is 6.33. The van der Waals surface area contributed by atoms with E-state index in [4.69, 9.17) is 16.7 Å². The first-order valence-corrected chi connectivity index (χ1v) is 5.38. The Hall–Kier alpha value is -2.07. The van der Waals surface area contributed by atoms with Crippen LogP contribution in [0.15, 0.2) is 36.4 Å². The van der Waals surface area contributed by atoms with Gasteiger partial charge in [0.25, 0.3) is 0 Å². The zero-order valence-electron chi connectivity index (χ0n) is 9.02. The summed E-state index contributed by atoms with van der Waals surface area (Å²) in [6.45, 7) is 0. The summed E-state index contributed by atoms with van der Waals surface area (Å²) in [5.74, 6) is -1.91. The highest BCUT2D eigenvalue weighted by Crippen LogP contribution is 2.32. The van der Waals surface area contributed by atoms with Gasteiger partial charge >= 0.3 is 5.97 Å². The summed E-state index contributed by atoms with van der Waals surface area (Å²) in [5.41, 5.74) is 0.875. The van der Waals surface area contributed by atoms with Crippen LogP contribution < -0.4 is 0 Å². The van der Waals surface area contributed by atoms with Gasteiger partial charge in [-0.25, -0.2) is 9.18 Å². The van der Waals surface area contributed by atoms with Crippen molar-refractivity contribution in [2.24, 2.45) is 0 Å². The van der Waals surface area contributed by atoms with Gasteiger partial charge in [0, 0.05) is 11.6 Å². The zero-order chi connectivity index (χ0) is 13.3. The highest BCUT2D eigenvalue weighted by atomic mass is 35.5. The maximum absolute atomic E-state index is 12.8. The molecule has 0 unspecified atom stereocenters. The van der Waals surface area contributed by atoms with Gasteiger partial charge in [-0.3, -0.25) is 0 Å². The van der Waals surface area contributed by atoms with Crippen molar-refractivity contribution in [2.75, 3.05) is 0 Å². The SMILES string of the molecule is O=C(O)c1ccc(-c2ccc(F)cc2O)cc1Cl. The number of carboxylic acid groups (broad SMARTS) is 1. The predicted molar refractivity (Wildman–Crippen MR) is 65.5 cm³/mol. The summed E-state index contributed by atoms with van der Waals surface area (Å²) in [6, 6.07) is 7.84. The van der Waals surface area contributed by atoms with Crippen molar-refractivity contribution in [3.8, 4) is 16.9 Å². The van der Waals surface area contributed by atoms with E-state index in [0.29, 0.717) is 11.1 Å². The minimum Gasteiger partial charge on any atom is -0.507 e. The minimum atomic E-state index is -1.13. The first-order valence-electron chi connectivity index (χ1n) is 5.01. The molecule has 2 rings (SSSR count). The van der Waals surface area contributed by atoms with E-state index in [1.807, 2.05) is 0 Å². The van der Waals surface area contributed by atoms with Crippen molar-refractivity contribution in [1.29, 1.82) is 0 Å². The topological polar surface area (TPSA) is 57.5 Å². The van der Waals surface area contributed by atoms with Crippen molar-refractivity contribution in [1.82, 2.24) is 0 Å². The summed E-state index contributed by atoms with van der Waals surface area (Å²) in [7, 11) is 0. The van der Waals surface area contributed by atoms with Gasteiger partial charge < -0.3 is 10.2 Å². The first kappa shape index (κ1) is 12.4. The van der Waals surface area contributed by atoms with Gasteiger partial charge in [-0.05, 0) is 29.8 Å². The Kier molecular flexibility index (Phi) is 3.21. The third kappa shape index (κ3) is 2.28. The fourth-order valence-corrected chi connectivity index (χ4v) is 1.87. The lowest BCUT2D eigenvalue weighted by atomic mass is 10.0. The van der Waals surface area contributed by atoms with E-state index in [0.717, 1.165) is 6.07 Å². The van der Waals surface area contributed by atoms with Gasteiger partial charge in [0.15, 0.2) is 0 Å². The van der Waals surface area contributed by atoms with E-state index in [1.54, 1.807) is 0 Å². The Morgan fingerprint density at radius 3 is 2.44 bits per heavy atom. The second-order valence-electron chi connectivity index (χ2n) is 3.66. The van der Waals surface area contributed by atoms with Crippen LogP contribution in [0.2, 0.25) is 5.02 Å². The van der Waals surface area contributed by atoms with Crippen molar-refractivity contribution >= 4 is 17.6 Å². The molecule has 2 aromatic rings. The number of carboxylic acids is 1. The molecule has 0 atom stereocenters.